The Morgan fingerprint density at radius 3 is 2.60 bits per heavy atom. The fourth-order valence-electron chi connectivity index (χ4n) is 2.75. The van der Waals surface area contributed by atoms with Crippen LogP contribution in [0.3, 0.4) is 0 Å². The van der Waals surface area contributed by atoms with Crippen molar-refractivity contribution in [2.75, 3.05) is 26.0 Å². The van der Waals surface area contributed by atoms with Gasteiger partial charge in [-0.25, -0.2) is 0 Å². The average Bonchev–Trinajstić information content (AvgIpc) is 3.07. The maximum Gasteiger partial charge on any atom is 0.233 e. The molecule has 0 aliphatic carbocycles. The summed E-state index contributed by atoms with van der Waals surface area (Å²) in [6, 6.07) is 7.42. The summed E-state index contributed by atoms with van der Waals surface area (Å²) >= 11 is 1.33. The first kappa shape index (κ1) is 17.7. The van der Waals surface area contributed by atoms with Crippen molar-refractivity contribution in [3.05, 3.63) is 24.3 Å². The van der Waals surface area contributed by atoms with Crippen LogP contribution in [-0.4, -0.2) is 69.2 Å². The number of thioether (sulfide) groups is 1. The van der Waals surface area contributed by atoms with Gasteiger partial charge in [-0.2, -0.15) is 4.68 Å². The van der Waals surface area contributed by atoms with Crippen molar-refractivity contribution in [2.45, 2.75) is 31.2 Å². The van der Waals surface area contributed by atoms with Crippen molar-refractivity contribution in [1.29, 1.82) is 0 Å². The lowest BCUT2D eigenvalue weighted by Crippen LogP contribution is -2.48. The summed E-state index contributed by atoms with van der Waals surface area (Å²) in [5.74, 6) is 1.11. The number of benzene rings is 1. The molecule has 9 heteroatoms. The SMILES string of the molecule is COc1ccc(-n2nnnc2SCC(=O)N2C[C@@H](C)O[C@H](C)C2)cc1. The highest BCUT2D eigenvalue weighted by molar-refractivity contribution is 7.99. The van der Waals surface area contributed by atoms with Crippen LogP contribution in [-0.2, 0) is 9.53 Å². The number of ether oxygens (including phenoxy) is 2. The van der Waals surface area contributed by atoms with Crippen LogP contribution < -0.4 is 4.74 Å². The molecule has 2 aromatic rings. The first-order valence-corrected chi connectivity index (χ1v) is 9.04. The molecule has 0 spiro atoms. The van der Waals surface area contributed by atoms with Crippen molar-refractivity contribution in [1.82, 2.24) is 25.1 Å². The molecule has 1 saturated heterocycles. The van der Waals surface area contributed by atoms with Gasteiger partial charge in [0.1, 0.15) is 5.75 Å². The van der Waals surface area contributed by atoms with Gasteiger partial charge in [-0.05, 0) is 48.5 Å². The number of hydrogen-bond donors (Lipinski definition) is 0. The number of tetrazole rings is 1. The van der Waals surface area contributed by atoms with Crippen LogP contribution in [0.25, 0.3) is 5.69 Å². The van der Waals surface area contributed by atoms with Gasteiger partial charge in [0.05, 0.1) is 30.8 Å². The van der Waals surface area contributed by atoms with E-state index in [1.807, 2.05) is 43.0 Å². The summed E-state index contributed by atoms with van der Waals surface area (Å²) in [5.41, 5.74) is 0.814. The predicted octanol–water partition coefficient (Wildman–Crippen LogP) is 1.40. The van der Waals surface area contributed by atoms with Crippen LogP contribution in [0.15, 0.2) is 29.4 Å². The Bertz CT molecular complexity index is 711. The second kappa shape index (κ2) is 7.83. The highest BCUT2D eigenvalue weighted by atomic mass is 32.2. The van der Waals surface area contributed by atoms with E-state index >= 15 is 0 Å². The number of hydrogen-bond acceptors (Lipinski definition) is 7. The van der Waals surface area contributed by atoms with Crippen LogP contribution >= 0.6 is 11.8 Å². The zero-order valence-corrected chi connectivity index (χ0v) is 15.3. The predicted molar refractivity (Wildman–Crippen MR) is 93.0 cm³/mol. The number of morpholine rings is 1. The van der Waals surface area contributed by atoms with E-state index in [9.17, 15) is 4.79 Å². The lowest BCUT2D eigenvalue weighted by atomic mass is 10.2. The average molecular weight is 363 g/mol. The number of carbonyl (C=O) groups excluding carboxylic acids is 1. The van der Waals surface area contributed by atoms with Gasteiger partial charge in [-0.1, -0.05) is 11.8 Å². The number of methoxy groups -OCH3 is 1. The molecule has 1 fully saturated rings. The molecular weight excluding hydrogens is 342 g/mol. The summed E-state index contributed by atoms with van der Waals surface area (Å²) < 4.78 is 12.4. The van der Waals surface area contributed by atoms with Gasteiger partial charge < -0.3 is 14.4 Å². The van der Waals surface area contributed by atoms with Gasteiger partial charge >= 0.3 is 0 Å². The highest BCUT2D eigenvalue weighted by Gasteiger charge is 2.26. The first-order chi connectivity index (χ1) is 12.1. The summed E-state index contributed by atoms with van der Waals surface area (Å²) in [5, 5.41) is 12.3. The normalized spacial score (nSPS) is 20.5. The Kier molecular flexibility index (Phi) is 5.54. The smallest absolute Gasteiger partial charge is 0.233 e. The topological polar surface area (TPSA) is 82.4 Å². The first-order valence-electron chi connectivity index (χ1n) is 8.05. The Balaban J connectivity index is 1.64. The number of carbonyl (C=O) groups is 1. The monoisotopic (exact) mass is 363 g/mol. The van der Waals surface area contributed by atoms with Crippen molar-refractivity contribution in [3.8, 4) is 11.4 Å². The number of aromatic nitrogens is 4. The van der Waals surface area contributed by atoms with E-state index in [-0.39, 0.29) is 23.9 Å². The molecule has 1 aliphatic rings. The molecule has 2 heterocycles. The van der Waals surface area contributed by atoms with Crippen LogP contribution in [0.2, 0.25) is 0 Å². The molecule has 0 saturated carbocycles. The van der Waals surface area contributed by atoms with E-state index < -0.39 is 0 Å². The number of nitrogens with zero attached hydrogens (tertiary/aromatic N) is 5. The maximum absolute atomic E-state index is 12.5. The number of amides is 1. The Hall–Kier alpha value is -2.13. The molecular formula is C16H21N5O3S. The Morgan fingerprint density at radius 2 is 1.96 bits per heavy atom. The van der Waals surface area contributed by atoms with E-state index in [1.165, 1.54) is 11.8 Å². The minimum atomic E-state index is 0.0577. The molecule has 0 N–H and O–H groups in total. The summed E-state index contributed by atoms with van der Waals surface area (Å²) in [4.78, 5) is 14.3. The Labute approximate surface area is 150 Å². The van der Waals surface area contributed by atoms with E-state index in [0.717, 1.165) is 11.4 Å². The summed E-state index contributed by atoms with van der Waals surface area (Å²) in [6.45, 7) is 5.20. The third kappa shape index (κ3) is 4.29. The van der Waals surface area contributed by atoms with Gasteiger partial charge in [0.15, 0.2) is 0 Å². The van der Waals surface area contributed by atoms with Crippen molar-refractivity contribution < 1.29 is 14.3 Å². The second-order valence-corrected chi connectivity index (χ2v) is 6.86. The van der Waals surface area contributed by atoms with E-state index in [0.29, 0.717) is 18.2 Å². The molecule has 1 aliphatic heterocycles. The minimum absolute atomic E-state index is 0.0577. The summed E-state index contributed by atoms with van der Waals surface area (Å²) in [6.07, 6.45) is 0.115. The molecule has 8 nitrogen and oxygen atoms in total. The second-order valence-electron chi connectivity index (χ2n) is 5.92. The standard InChI is InChI=1S/C16H21N5O3S/c1-11-8-20(9-12(2)24-11)15(22)10-25-16-17-18-19-21(16)13-4-6-14(23-3)7-5-13/h4-7,11-12H,8-10H2,1-3H3/t11-,12-/m1/s1. The van der Waals surface area contributed by atoms with Crippen molar-refractivity contribution in [3.63, 3.8) is 0 Å². The quantitative estimate of drug-likeness (QED) is 0.743. The molecule has 2 atom stereocenters. The molecule has 134 valence electrons. The maximum atomic E-state index is 12.5. The fourth-order valence-corrected chi connectivity index (χ4v) is 3.55. The largest absolute Gasteiger partial charge is 0.497 e. The molecule has 1 amide bonds. The van der Waals surface area contributed by atoms with E-state index in [2.05, 4.69) is 15.5 Å². The third-order valence-electron chi connectivity index (χ3n) is 3.85. The number of rotatable bonds is 5. The Morgan fingerprint density at radius 1 is 1.28 bits per heavy atom. The lowest BCUT2D eigenvalue weighted by molar-refractivity contribution is -0.140. The zero-order chi connectivity index (χ0) is 17.8. The van der Waals surface area contributed by atoms with Gasteiger partial charge in [-0.3, -0.25) is 4.79 Å². The molecule has 3 rings (SSSR count). The van der Waals surface area contributed by atoms with Crippen molar-refractivity contribution in [2.24, 2.45) is 0 Å². The van der Waals surface area contributed by atoms with Gasteiger partial charge in [0.2, 0.25) is 11.1 Å². The molecule has 25 heavy (non-hydrogen) atoms. The fraction of sp³-hybridized carbons (Fsp3) is 0.500. The van der Waals surface area contributed by atoms with Crippen LogP contribution in [0.4, 0.5) is 0 Å². The molecule has 0 radical (unpaired) electrons. The zero-order valence-electron chi connectivity index (χ0n) is 14.5. The van der Waals surface area contributed by atoms with Crippen LogP contribution in [0.1, 0.15) is 13.8 Å². The van der Waals surface area contributed by atoms with E-state index in [1.54, 1.807) is 11.8 Å². The van der Waals surface area contributed by atoms with Gasteiger partial charge in [-0.15, -0.1) is 5.10 Å². The van der Waals surface area contributed by atoms with Gasteiger partial charge in [0.25, 0.3) is 0 Å². The minimum Gasteiger partial charge on any atom is -0.497 e. The van der Waals surface area contributed by atoms with Gasteiger partial charge in [0, 0.05) is 13.1 Å². The molecule has 1 aromatic heterocycles. The van der Waals surface area contributed by atoms with Crippen molar-refractivity contribution >= 4 is 17.7 Å². The molecule has 0 unspecified atom stereocenters. The highest BCUT2D eigenvalue weighted by Crippen LogP contribution is 2.21. The van der Waals surface area contributed by atoms with Crippen LogP contribution in [0.5, 0.6) is 5.75 Å². The van der Waals surface area contributed by atoms with Crippen LogP contribution in [0, 0.1) is 0 Å². The molecule has 0 bridgehead atoms. The lowest BCUT2D eigenvalue weighted by Gasteiger charge is -2.35. The summed E-state index contributed by atoms with van der Waals surface area (Å²) in [7, 11) is 1.62. The third-order valence-corrected chi connectivity index (χ3v) is 4.76. The van der Waals surface area contributed by atoms with E-state index in [4.69, 9.17) is 9.47 Å². The molecule has 1 aromatic carbocycles.